The Hall–Kier alpha value is -0.780. The summed E-state index contributed by atoms with van der Waals surface area (Å²) in [6, 6.07) is 5.25. The van der Waals surface area contributed by atoms with E-state index in [-0.39, 0.29) is 0 Å². The molecule has 0 N–H and O–H groups in total. The van der Waals surface area contributed by atoms with Crippen molar-refractivity contribution in [3.05, 3.63) is 41.3 Å². The average Bonchev–Trinajstić information content (AvgIpc) is 3.09. The lowest BCUT2D eigenvalue weighted by Gasteiger charge is -2.18. The fourth-order valence-electron chi connectivity index (χ4n) is 7.91. The van der Waals surface area contributed by atoms with Gasteiger partial charge in [-0.25, -0.2) is 0 Å². The van der Waals surface area contributed by atoms with Crippen LogP contribution in [0.3, 0.4) is 0 Å². The first kappa shape index (κ1) is 45.2. The summed E-state index contributed by atoms with van der Waals surface area (Å²) in [5.41, 5.74) is 6.80. The summed E-state index contributed by atoms with van der Waals surface area (Å²) in [4.78, 5) is 0. The van der Waals surface area contributed by atoms with Gasteiger partial charge in [0, 0.05) is 0 Å². The first-order valence-corrected chi connectivity index (χ1v) is 22.7. The number of aryl methyl sites for hydroxylation is 3. The molecule has 281 valence electrons. The van der Waals surface area contributed by atoms with Gasteiger partial charge in [-0.3, -0.25) is 0 Å². The Labute approximate surface area is 305 Å². The van der Waals surface area contributed by atoms with E-state index in [9.17, 15) is 0 Å². The molecule has 0 atom stereocenters. The van der Waals surface area contributed by atoms with Crippen LogP contribution in [0.25, 0.3) is 0 Å². The summed E-state index contributed by atoms with van der Waals surface area (Å²) >= 11 is 0. The Bertz CT molecular complexity index is 727. The van der Waals surface area contributed by atoms with Crippen LogP contribution < -0.4 is 0 Å². The molecule has 0 aliphatic carbocycles. The minimum Gasteiger partial charge on any atom is -0.0654 e. The predicted octanol–water partition coefficient (Wildman–Crippen LogP) is 17.0. The molecule has 0 nitrogen and oxygen atoms in total. The molecule has 1 aromatic carbocycles. The molecule has 1 rings (SSSR count). The predicted molar refractivity (Wildman–Crippen MR) is 221 cm³/mol. The van der Waals surface area contributed by atoms with Crippen molar-refractivity contribution in [2.75, 3.05) is 0 Å². The number of hydrogen-bond acceptors (Lipinski definition) is 0. The SMILES string of the molecule is [CH2]CCc1cc(CCCCCCCCCCCCC)c(CCCCCCCCCCCCC)c(CCCCCCCCCCCCC)c1. The topological polar surface area (TPSA) is 0 Å². The van der Waals surface area contributed by atoms with Gasteiger partial charge in [-0.05, 0) is 73.6 Å². The minimum atomic E-state index is 1.02. The first-order chi connectivity index (χ1) is 23.8. The molecule has 0 spiro atoms. The molecular weight excluding hydrogens is 577 g/mol. The second-order valence-corrected chi connectivity index (χ2v) is 15.9. The highest BCUT2D eigenvalue weighted by Gasteiger charge is 2.12. The molecule has 1 radical (unpaired) electrons. The summed E-state index contributed by atoms with van der Waals surface area (Å²) in [7, 11) is 0. The van der Waals surface area contributed by atoms with Gasteiger partial charge in [-0.2, -0.15) is 0 Å². The van der Waals surface area contributed by atoms with Crippen molar-refractivity contribution in [1.82, 2.24) is 0 Å². The van der Waals surface area contributed by atoms with Crippen molar-refractivity contribution in [2.24, 2.45) is 0 Å². The number of hydrogen-bond donors (Lipinski definition) is 0. The minimum absolute atomic E-state index is 1.02. The van der Waals surface area contributed by atoms with Crippen LogP contribution in [0.2, 0.25) is 0 Å². The van der Waals surface area contributed by atoms with Crippen LogP contribution in [0.5, 0.6) is 0 Å². The van der Waals surface area contributed by atoms with Crippen molar-refractivity contribution >= 4 is 0 Å². The highest BCUT2D eigenvalue weighted by Crippen LogP contribution is 2.26. The average molecular weight is 666 g/mol. The van der Waals surface area contributed by atoms with Gasteiger partial charge in [-0.15, -0.1) is 0 Å². The monoisotopic (exact) mass is 666 g/mol. The summed E-state index contributed by atoms with van der Waals surface area (Å²) in [6.07, 6.45) is 53.4. The van der Waals surface area contributed by atoms with Crippen LogP contribution in [0, 0.1) is 6.92 Å². The van der Waals surface area contributed by atoms with Gasteiger partial charge < -0.3 is 0 Å². The molecule has 0 saturated heterocycles. The molecule has 0 amide bonds. The maximum atomic E-state index is 4.24. The molecule has 0 unspecified atom stereocenters. The van der Waals surface area contributed by atoms with E-state index in [1.165, 1.54) is 231 Å². The van der Waals surface area contributed by atoms with E-state index < -0.39 is 0 Å². The fourth-order valence-corrected chi connectivity index (χ4v) is 7.91. The molecule has 0 aliphatic heterocycles. The largest absolute Gasteiger partial charge is 0.0654 e. The summed E-state index contributed by atoms with van der Waals surface area (Å²) in [5, 5.41) is 0. The molecule has 0 fully saturated rings. The Balaban J connectivity index is 2.59. The Morgan fingerprint density at radius 2 is 0.562 bits per heavy atom. The van der Waals surface area contributed by atoms with E-state index in [2.05, 4.69) is 39.8 Å². The van der Waals surface area contributed by atoms with Gasteiger partial charge in [0.2, 0.25) is 0 Å². The van der Waals surface area contributed by atoms with Gasteiger partial charge in [0.1, 0.15) is 0 Å². The summed E-state index contributed by atoms with van der Waals surface area (Å²) in [5.74, 6) is 0. The van der Waals surface area contributed by atoms with Gasteiger partial charge in [0.25, 0.3) is 0 Å². The van der Waals surface area contributed by atoms with E-state index in [1.54, 1.807) is 22.3 Å². The lowest BCUT2D eigenvalue weighted by molar-refractivity contribution is 0.545. The third-order valence-corrected chi connectivity index (χ3v) is 11.1. The van der Waals surface area contributed by atoms with Gasteiger partial charge >= 0.3 is 0 Å². The highest BCUT2D eigenvalue weighted by atomic mass is 14.2. The molecule has 0 aromatic heterocycles. The standard InChI is InChI=1S/C48H89/c1-5-9-12-15-18-21-24-27-30-33-36-40-46-43-45(39-8-4)44-47(41-37-34-31-28-25-22-19-16-13-10-6-2)48(46)42-38-35-32-29-26-23-20-17-14-11-7-3/h43-44H,4-42H2,1-3H3. The van der Waals surface area contributed by atoms with Gasteiger partial charge in [-0.1, -0.05) is 232 Å². The lowest BCUT2D eigenvalue weighted by atomic mass is 9.87. The van der Waals surface area contributed by atoms with E-state index in [4.69, 9.17) is 0 Å². The van der Waals surface area contributed by atoms with Crippen molar-refractivity contribution in [1.29, 1.82) is 0 Å². The van der Waals surface area contributed by atoms with Crippen molar-refractivity contribution in [3.63, 3.8) is 0 Å². The van der Waals surface area contributed by atoms with Gasteiger partial charge in [0.15, 0.2) is 0 Å². The van der Waals surface area contributed by atoms with E-state index >= 15 is 0 Å². The number of rotatable bonds is 38. The molecule has 0 heteroatoms. The molecule has 0 bridgehead atoms. The molecular formula is C48H89. The van der Waals surface area contributed by atoms with E-state index in [1.807, 2.05) is 0 Å². The lowest BCUT2D eigenvalue weighted by Crippen LogP contribution is -2.04. The second kappa shape index (κ2) is 36.0. The van der Waals surface area contributed by atoms with Crippen molar-refractivity contribution in [3.8, 4) is 0 Å². The van der Waals surface area contributed by atoms with Crippen LogP contribution in [0.4, 0.5) is 0 Å². The maximum Gasteiger partial charge on any atom is -0.0273 e. The Morgan fingerprint density at radius 3 is 0.833 bits per heavy atom. The van der Waals surface area contributed by atoms with E-state index in [0.29, 0.717) is 0 Å². The van der Waals surface area contributed by atoms with Crippen LogP contribution in [-0.2, 0) is 25.7 Å². The number of unbranched alkanes of at least 4 members (excludes halogenated alkanes) is 30. The first-order valence-electron chi connectivity index (χ1n) is 22.7. The third-order valence-electron chi connectivity index (χ3n) is 11.1. The van der Waals surface area contributed by atoms with Crippen LogP contribution >= 0.6 is 0 Å². The molecule has 48 heavy (non-hydrogen) atoms. The van der Waals surface area contributed by atoms with Crippen LogP contribution in [0.15, 0.2) is 12.1 Å². The highest BCUT2D eigenvalue weighted by molar-refractivity contribution is 5.40. The zero-order valence-electron chi connectivity index (χ0n) is 33.7. The second-order valence-electron chi connectivity index (χ2n) is 15.9. The zero-order valence-corrected chi connectivity index (χ0v) is 33.7. The van der Waals surface area contributed by atoms with Crippen molar-refractivity contribution < 1.29 is 0 Å². The van der Waals surface area contributed by atoms with Gasteiger partial charge in [0.05, 0.1) is 0 Å². The quantitative estimate of drug-likeness (QED) is 0.0617. The molecule has 0 heterocycles. The summed E-state index contributed by atoms with van der Waals surface area (Å²) in [6.45, 7) is 11.2. The third kappa shape index (κ3) is 27.0. The zero-order chi connectivity index (χ0) is 34.6. The van der Waals surface area contributed by atoms with Crippen LogP contribution in [-0.4, -0.2) is 0 Å². The smallest absolute Gasteiger partial charge is 0.0273 e. The Morgan fingerprint density at radius 1 is 0.312 bits per heavy atom. The summed E-state index contributed by atoms with van der Waals surface area (Å²) < 4.78 is 0. The Kier molecular flexibility index (Phi) is 34.0. The molecule has 1 aromatic rings. The van der Waals surface area contributed by atoms with Crippen molar-refractivity contribution in [2.45, 2.75) is 265 Å². The number of benzene rings is 1. The molecule has 0 aliphatic rings. The molecule has 0 saturated carbocycles. The van der Waals surface area contributed by atoms with E-state index in [0.717, 1.165) is 12.8 Å². The normalized spacial score (nSPS) is 11.6. The maximum absolute atomic E-state index is 4.24. The fraction of sp³-hybridized carbons (Fsp3) is 0.854. The van der Waals surface area contributed by atoms with Crippen LogP contribution in [0.1, 0.15) is 261 Å².